The number of hydrogen-bond donors (Lipinski definition) is 1. The van der Waals surface area contributed by atoms with Crippen molar-refractivity contribution in [3.8, 4) is 0 Å². The highest BCUT2D eigenvalue weighted by molar-refractivity contribution is 5.25. The first-order valence-electron chi connectivity index (χ1n) is 7.52. The van der Waals surface area contributed by atoms with E-state index in [0.29, 0.717) is 12.5 Å². The van der Waals surface area contributed by atoms with Crippen molar-refractivity contribution in [3.05, 3.63) is 34.5 Å². The Kier molecular flexibility index (Phi) is 3.07. The number of rotatable bonds is 5. The van der Waals surface area contributed by atoms with Crippen molar-refractivity contribution in [2.45, 2.75) is 57.5 Å². The lowest BCUT2D eigenvalue weighted by Crippen LogP contribution is -2.14. The van der Waals surface area contributed by atoms with Gasteiger partial charge in [0.05, 0.1) is 12.2 Å². The summed E-state index contributed by atoms with van der Waals surface area (Å²) < 4.78 is 10.7. The maximum absolute atomic E-state index is 5.41. The summed E-state index contributed by atoms with van der Waals surface area (Å²) in [5.74, 6) is 2.64. The van der Waals surface area contributed by atoms with Gasteiger partial charge in [-0.05, 0) is 32.1 Å². The fraction of sp³-hybridized carbons (Fsp3) is 0.600. The smallest absolute Gasteiger partial charge is 0.150 e. The highest BCUT2D eigenvalue weighted by Gasteiger charge is 2.27. The molecule has 1 fully saturated rings. The van der Waals surface area contributed by atoms with E-state index in [1.54, 1.807) is 0 Å². The van der Waals surface area contributed by atoms with E-state index in [1.165, 1.54) is 31.2 Å². The molecule has 2 aromatic rings. The van der Waals surface area contributed by atoms with Gasteiger partial charge < -0.3 is 14.4 Å². The van der Waals surface area contributed by atoms with Crippen LogP contribution in [0.5, 0.6) is 0 Å². The van der Waals surface area contributed by atoms with Crippen LogP contribution in [0.15, 0.2) is 15.1 Å². The van der Waals surface area contributed by atoms with Crippen LogP contribution in [0.2, 0.25) is 0 Å². The van der Waals surface area contributed by atoms with Gasteiger partial charge in [0.1, 0.15) is 11.5 Å². The molecule has 106 valence electrons. The molecule has 4 rings (SSSR count). The number of aromatic nitrogens is 2. The maximum Gasteiger partial charge on any atom is 0.150 e. The third kappa shape index (κ3) is 2.38. The highest BCUT2D eigenvalue weighted by atomic mass is 16.5. The standard InChI is InChI=1S/C15H19N3O2/c1-2-4-15-12(3-1)14(18-20-15)9-16-8-11-7-13(17-19-11)10-5-6-10/h7,10,16H,1-6,8-9H2. The fourth-order valence-corrected chi connectivity index (χ4v) is 2.88. The minimum Gasteiger partial charge on any atom is -0.361 e. The van der Waals surface area contributed by atoms with Crippen molar-refractivity contribution in [2.75, 3.05) is 0 Å². The van der Waals surface area contributed by atoms with E-state index >= 15 is 0 Å². The third-order valence-corrected chi connectivity index (χ3v) is 4.20. The zero-order chi connectivity index (χ0) is 13.4. The molecule has 0 aromatic carbocycles. The van der Waals surface area contributed by atoms with Crippen LogP contribution in [0.3, 0.4) is 0 Å². The molecule has 5 nitrogen and oxygen atoms in total. The number of nitrogens with one attached hydrogen (secondary N) is 1. The predicted octanol–water partition coefficient (Wildman–Crippen LogP) is 2.71. The van der Waals surface area contributed by atoms with E-state index in [4.69, 9.17) is 9.05 Å². The van der Waals surface area contributed by atoms with Crippen LogP contribution < -0.4 is 5.32 Å². The van der Waals surface area contributed by atoms with Gasteiger partial charge in [-0.15, -0.1) is 0 Å². The van der Waals surface area contributed by atoms with Crippen molar-refractivity contribution in [3.63, 3.8) is 0 Å². The average Bonchev–Trinajstić information content (AvgIpc) is 3.09. The van der Waals surface area contributed by atoms with Crippen LogP contribution in [0.4, 0.5) is 0 Å². The Labute approximate surface area is 117 Å². The summed E-state index contributed by atoms with van der Waals surface area (Å²) in [6.07, 6.45) is 7.11. The van der Waals surface area contributed by atoms with E-state index in [2.05, 4.69) is 21.7 Å². The molecule has 0 atom stereocenters. The molecular formula is C15H19N3O2. The lowest BCUT2D eigenvalue weighted by Gasteiger charge is -2.09. The van der Waals surface area contributed by atoms with E-state index in [9.17, 15) is 0 Å². The Morgan fingerprint density at radius 2 is 2.00 bits per heavy atom. The Balaban J connectivity index is 1.34. The molecule has 20 heavy (non-hydrogen) atoms. The van der Waals surface area contributed by atoms with Crippen molar-refractivity contribution < 1.29 is 9.05 Å². The van der Waals surface area contributed by atoms with Gasteiger partial charge in [-0.3, -0.25) is 0 Å². The first-order chi connectivity index (χ1) is 9.90. The summed E-state index contributed by atoms with van der Waals surface area (Å²) in [5.41, 5.74) is 3.49. The minimum absolute atomic E-state index is 0.648. The summed E-state index contributed by atoms with van der Waals surface area (Å²) in [7, 11) is 0. The van der Waals surface area contributed by atoms with E-state index < -0.39 is 0 Å². The van der Waals surface area contributed by atoms with Gasteiger partial charge in [0.25, 0.3) is 0 Å². The molecule has 2 aromatic heterocycles. The SMILES string of the molecule is c1c(C2CC2)noc1CNCc1noc2c1CCCC2. The first kappa shape index (κ1) is 12.1. The average molecular weight is 273 g/mol. The van der Waals surface area contributed by atoms with Gasteiger partial charge in [-0.25, -0.2) is 0 Å². The van der Waals surface area contributed by atoms with Crippen LogP contribution in [0.1, 0.15) is 60.1 Å². The molecule has 0 radical (unpaired) electrons. The molecular weight excluding hydrogens is 254 g/mol. The Bertz CT molecular complexity index is 598. The van der Waals surface area contributed by atoms with Gasteiger partial charge in [0.15, 0.2) is 5.76 Å². The molecule has 5 heteroatoms. The van der Waals surface area contributed by atoms with Crippen molar-refractivity contribution >= 4 is 0 Å². The van der Waals surface area contributed by atoms with Gasteiger partial charge in [-0.1, -0.05) is 10.3 Å². The van der Waals surface area contributed by atoms with Gasteiger partial charge in [0.2, 0.25) is 0 Å². The second-order valence-electron chi connectivity index (χ2n) is 5.83. The predicted molar refractivity (Wildman–Crippen MR) is 72.2 cm³/mol. The summed E-state index contributed by atoms with van der Waals surface area (Å²) in [6.45, 7) is 1.43. The lowest BCUT2D eigenvalue weighted by molar-refractivity contribution is 0.359. The summed E-state index contributed by atoms with van der Waals surface area (Å²) in [6, 6.07) is 2.07. The van der Waals surface area contributed by atoms with Crippen LogP contribution in [-0.4, -0.2) is 10.3 Å². The molecule has 2 aliphatic carbocycles. The molecule has 0 spiro atoms. The Hall–Kier alpha value is -1.62. The second-order valence-corrected chi connectivity index (χ2v) is 5.83. The summed E-state index contributed by atoms with van der Waals surface area (Å²) >= 11 is 0. The quantitative estimate of drug-likeness (QED) is 0.907. The Morgan fingerprint density at radius 1 is 1.10 bits per heavy atom. The molecule has 0 saturated heterocycles. The zero-order valence-corrected chi connectivity index (χ0v) is 11.5. The third-order valence-electron chi connectivity index (χ3n) is 4.20. The molecule has 1 N–H and O–H groups in total. The second kappa shape index (κ2) is 5.05. The zero-order valence-electron chi connectivity index (χ0n) is 11.5. The molecule has 1 saturated carbocycles. The van der Waals surface area contributed by atoms with E-state index in [0.717, 1.165) is 42.3 Å². The highest BCUT2D eigenvalue weighted by Crippen LogP contribution is 2.39. The number of hydrogen-bond acceptors (Lipinski definition) is 5. The number of fused-ring (bicyclic) bond motifs is 1. The number of nitrogens with zero attached hydrogens (tertiary/aromatic N) is 2. The maximum atomic E-state index is 5.41. The van der Waals surface area contributed by atoms with Gasteiger partial charge >= 0.3 is 0 Å². The van der Waals surface area contributed by atoms with Crippen LogP contribution in [-0.2, 0) is 25.9 Å². The summed E-state index contributed by atoms with van der Waals surface area (Å²) in [5, 5.41) is 11.7. The molecule has 0 amide bonds. The van der Waals surface area contributed by atoms with Crippen molar-refractivity contribution in [1.29, 1.82) is 0 Å². The summed E-state index contributed by atoms with van der Waals surface area (Å²) in [4.78, 5) is 0. The normalized spacial score (nSPS) is 18.2. The van der Waals surface area contributed by atoms with Crippen LogP contribution >= 0.6 is 0 Å². The van der Waals surface area contributed by atoms with Crippen LogP contribution in [0.25, 0.3) is 0 Å². The molecule has 0 unspecified atom stereocenters. The van der Waals surface area contributed by atoms with Crippen molar-refractivity contribution in [1.82, 2.24) is 15.6 Å². The van der Waals surface area contributed by atoms with Crippen molar-refractivity contribution in [2.24, 2.45) is 0 Å². The fourth-order valence-electron chi connectivity index (χ4n) is 2.88. The molecule has 0 aliphatic heterocycles. The van der Waals surface area contributed by atoms with Gasteiger partial charge in [-0.2, -0.15) is 0 Å². The number of aryl methyl sites for hydroxylation is 1. The molecule has 0 bridgehead atoms. The Morgan fingerprint density at radius 3 is 2.90 bits per heavy atom. The van der Waals surface area contributed by atoms with Crippen LogP contribution in [0, 0.1) is 0 Å². The van der Waals surface area contributed by atoms with E-state index in [-0.39, 0.29) is 0 Å². The largest absolute Gasteiger partial charge is 0.361 e. The topological polar surface area (TPSA) is 64.1 Å². The van der Waals surface area contributed by atoms with Gasteiger partial charge in [0, 0.05) is 30.5 Å². The monoisotopic (exact) mass is 273 g/mol. The first-order valence-corrected chi connectivity index (χ1v) is 7.52. The lowest BCUT2D eigenvalue weighted by atomic mass is 9.96. The molecule has 2 aliphatic rings. The minimum atomic E-state index is 0.648. The van der Waals surface area contributed by atoms with E-state index in [1.807, 2.05) is 0 Å². The molecule has 2 heterocycles.